The van der Waals surface area contributed by atoms with E-state index < -0.39 is 0 Å². The third kappa shape index (κ3) is 8.07. The average molecular weight is 458 g/mol. The molecule has 0 unspecified atom stereocenters. The molecule has 0 spiro atoms. The second-order valence-electron chi connectivity index (χ2n) is 8.90. The quantitative estimate of drug-likeness (QED) is 0.376. The lowest BCUT2D eigenvalue weighted by atomic mass is 9.88. The highest BCUT2D eigenvalue weighted by Crippen LogP contribution is 2.27. The van der Waals surface area contributed by atoms with Gasteiger partial charge in [0.1, 0.15) is 0 Å². The van der Waals surface area contributed by atoms with Crippen molar-refractivity contribution in [3.05, 3.63) is 102 Å². The molecule has 0 atom stereocenters. The molecule has 0 saturated carbocycles. The number of rotatable bonds is 11. The van der Waals surface area contributed by atoms with Crippen LogP contribution in [0.5, 0.6) is 0 Å². The SMILES string of the molecule is CC(C)CN(CCC(=O)NCCC(c1ccccc1)c1ccccc1)C(=O)Nc1ccccc1. The van der Waals surface area contributed by atoms with E-state index in [0.717, 1.165) is 12.1 Å². The summed E-state index contributed by atoms with van der Waals surface area (Å²) in [4.78, 5) is 27.1. The predicted octanol–water partition coefficient (Wildman–Crippen LogP) is 5.91. The summed E-state index contributed by atoms with van der Waals surface area (Å²) >= 11 is 0. The van der Waals surface area contributed by atoms with Gasteiger partial charge in [0.2, 0.25) is 5.91 Å². The standard InChI is InChI=1S/C29H35N3O2/c1-23(2)22-32(29(34)31-26-16-10-5-11-17-26)21-19-28(33)30-20-18-27(24-12-6-3-7-13-24)25-14-8-4-9-15-25/h3-17,23,27H,18-22H2,1-2H3,(H,30,33)(H,31,34). The van der Waals surface area contributed by atoms with Gasteiger partial charge in [0.05, 0.1) is 0 Å². The van der Waals surface area contributed by atoms with Gasteiger partial charge in [-0.2, -0.15) is 0 Å². The zero-order valence-electron chi connectivity index (χ0n) is 20.1. The van der Waals surface area contributed by atoms with Gasteiger partial charge in [0.25, 0.3) is 0 Å². The molecule has 0 aliphatic carbocycles. The molecule has 34 heavy (non-hydrogen) atoms. The lowest BCUT2D eigenvalue weighted by Gasteiger charge is -2.25. The van der Waals surface area contributed by atoms with Gasteiger partial charge in [0, 0.05) is 37.7 Å². The Hall–Kier alpha value is -3.60. The van der Waals surface area contributed by atoms with Crippen molar-refractivity contribution in [2.45, 2.75) is 32.6 Å². The van der Waals surface area contributed by atoms with Crippen molar-refractivity contribution in [1.29, 1.82) is 0 Å². The van der Waals surface area contributed by atoms with Gasteiger partial charge in [-0.05, 0) is 35.6 Å². The summed E-state index contributed by atoms with van der Waals surface area (Å²) in [5.41, 5.74) is 3.23. The summed E-state index contributed by atoms with van der Waals surface area (Å²) in [6, 6.07) is 30.0. The van der Waals surface area contributed by atoms with Crippen LogP contribution in [0.2, 0.25) is 0 Å². The van der Waals surface area contributed by atoms with E-state index in [0.29, 0.717) is 25.6 Å². The van der Waals surface area contributed by atoms with Crippen molar-refractivity contribution < 1.29 is 9.59 Å². The zero-order valence-corrected chi connectivity index (χ0v) is 20.1. The second-order valence-corrected chi connectivity index (χ2v) is 8.90. The van der Waals surface area contributed by atoms with Crippen molar-refractivity contribution >= 4 is 17.6 Å². The van der Waals surface area contributed by atoms with E-state index in [2.05, 4.69) is 48.7 Å². The molecule has 3 rings (SSSR count). The first-order chi connectivity index (χ1) is 16.5. The fourth-order valence-corrected chi connectivity index (χ4v) is 4.02. The number of anilines is 1. The minimum Gasteiger partial charge on any atom is -0.356 e. The number of nitrogens with one attached hydrogen (secondary N) is 2. The van der Waals surface area contributed by atoms with E-state index in [1.165, 1.54) is 11.1 Å². The highest BCUT2D eigenvalue weighted by Gasteiger charge is 2.17. The molecule has 2 N–H and O–H groups in total. The summed E-state index contributed by atoms with van der Waals surface area (Å²) in [5.74, 6) is 0.486. The Labute approximate surface area is 203 Å². The first kappa shape index (κ1) is 25.0. The molecule has 5 nitrogen and oxygen atoms in total. The van der Waals surface area contributed by atoms with Gasteiger partial charge in [-0.3, -0.25) is 4.79 Å². The zero-order chi connectivity index (χ0) is 24.2. The predicted molar refractivity (Wildman–Crippen MR) is 139 cm³/mol. The van der Waals surface area contributed by atoms with E-state index in [-0.39, 0.29) is 24.3 Å². The Bertz CT molecular complexity index is 968. The maximum atomic E-state index is 12.8. The molecule has 0 heterocycles. The van der Waals surface area contributed by atoms with Gasteiger partial charge < -0.3 is 15.5 Å². The third-order valence-corrected chi connectivity index (χ3v) is 5.67. The van der Waals surface area contributed by atoms with E-state index in [1.807, 2.05) is 66.7 Å². The highest BCUT2D eigenvalue weighted by atomic mass is 16.2. The van der Waals surface area contributed by atoms with Crippen LogP contribution in [-0.2, 0) is 4.79 Å². The fraction of sp³-hybridized carbons (Fsp3) is 0.310. The van der Waals surface area contributed by atoms with E-state index in [4.69, 9.17) is 0 Å². The Kier molecular flexibility index (Phi) is 9.71. The van der Waals surface area contributed by atoms with Crippen LogP contribution in [-0.4, -0.2) is 36.5 Å². The lowest BCUT2D eigenvalue weighted by molar-refractivity contribution is -0.121. The van der Waals surface area contributed by atoms with Crippen LogP contribution in [0.25, 0.3) is 0 Å². The number of nitrogens with zero attached hydrogens (tertiary/aromatic N) is 1. The smallest absolute Gasteiger partial charge is 0.321 e. The van der Waals surface area contributed by atoms with Crippen LogP contribution in [0.15, 0.2) is 91.0 Å². The van der Waals surface area contributed by atoms with Gasteiger partial charge in [-0.15, -0.1) is 0 Å². The molecule has 0 radical (unpaired) electrons. The minimum atomic E-state index is -0.180. The molecule has 0 bridgehead atoms. The first-order valence-corrected chi connectivity index (χ1v) is 12.0. The van der Waals surface area contributed by atoms with Crippen LogP contribution in [0.3, 0.4) is 0 Å². The summed E-state index contributed by atoms with van der Waals surface area (Å²) < 4.78 is 0. The van der Waals surface area contributed by atoms with Gasteiger partial charge in [-0.1, -0.05) is 92.7 Å². The number of carbonyl (C=O) groups excluding carboxylic acids is 2. The number of benzene rings is 3. The largest absolute Gasteiger partial charge is 0.356 e. The maximum absolute atomic E-state index is 12.8. The van der Waals surface area contributed by atoms with Crippen LogP contribution in [0, 0.1) is 5.92 Å². The van der Waals surface area contributed by atoms with Crippen LogP contribution in [0.4, 0.5) is 10.5 Å². The topological polar surface area (TPSA) is 61.4 Å². The maximum Gasteiger partial charge on any atom is 0.321 e. The lowest BCUT2D eigenvalue weighted by Crippen LogP contribution is -2.40. The molecule has 0 saturated heterocycles. The van der Waals surface area contributed by atoms with Crippen molar-refractivity contribution in [3.8, 4) is 0 Å². The van der Waals surface area contributed by atoms with Crippen molar-refractivity contribution in [1.82, 2.24) is 10.2 Å². The van der Waals surface area contributed by atoms with Crippen LogP contribution < -0.4 is 10.6 Å². The Morgan fingerprint density at radius 3 is 1.85 bits per heavy atom. The minimum absolute atomic E-state index is 0.0406. The van der Waals surface area contributed by atoms with Gasteiger partial charge in [-0.25, -0.2) is 4.79 Å². The van der Waals surface area contributed by atoms with Crippen molar-refractivity contribution in [3.63, 3.8) is 0 Å². The molecule has 0 aromatic heterocycles. The number of carbonyl (C=O) groups is 2. The van der Waals surface area contributed by atoms with E-state index >= 15 is 0 Å². The second kappa shape index (κ2) is 13.2. The Morgan fingerprint density at radius 2 is 1.32 bits per heavy atom. The first-order valence-electron chi connectivity index (χ1n) is 12.0. The van der Waals surface area contributed by atoms with E-state index in [9.17, 15) is 9.59 Å². The molecule has 0 aliphatic heterocycles. The molecule has 3 aromatic carbocycles. The number of hydrogen-bond acceptors (Lipinski definition) is 2. The normalized spacial score (nSPS) is 10.8. The Balaban J connectivity index is 1.52. The highest BCUT2D eigenvalue weighted by molar-refractivity contribution is 5.89. The van der Waals surface area contributed by atoms with Crippen LogP contribution >= 0.6 is 0 Å². The molecule has 178 valence electrons. The van der Waals surface area contributed by atoms with Gasteiger partial charge >= 0.3 is 6.03 Å². The molecule has 3 aromatic rings. The number of amides is 3. The summed E-state index contributed by atoms with van der Waals surface area (Å²) in [6.07, 6.45) is 1.08. The molecule has 0 aliphatic rings. The van der Waals surface area contributed by atoms with Crippen LogP contribution in [0.1, 0.15) is 43.7 Å². The molecule has 0 fully saturated rings. The molecule has 5 heteroatoms. The van der Waals surface area contributed by atoms with Crippen molar-refractivity contribution in [2.75, 3.05) is 25.0 Å². The summed E-state index contributed by atoms with van der Waals surface area (Å²) in [5, 5.41) is 5.97. The van der Waals surface area contributed by atoms with E-state index in [1.54, 1.807) is 4.90 Å². The van der Waals surface area contributed by atoms with Crippen molar-refractivity contribution in [2.24, 2.45) is 5.92 Å². The molecule has 3 amide bonds. The number of para-hydroxylation sites is 1. The number of hydrogen-bond donors (Lipinski definition) is 2. The fourth-order valence-electron chi connectivity index (χ4n) is 4.02. The monoisotopic (exact) mass is 457 g/mol. The summed E-state index contributed by atoms with van der Waals surface area (Å²) in [6.45, 7) is 5.68. The average Bonchev–Trinajstić information content (AvgIpc) is 2.86. The molecular formula is C29H35N3O2. The molecular weight excluding hydrogens is 422 g/mol. The third-order valence-electron chi connectivity index (χ3n) is 5.67. The Morgan fingerprint density at radius 1 is 0.794 bits per heavy atom. The summed E-state index contributed by atoms with van der Waals surface area (Å²) in [7, 11) is 0. The number of urea groups is 1. The van der Waals surface area contributed by atoms with Gasteiger partial charge in [0.15, 0.2) is 0 Å².